The van der Waals surface area contributed by atoms with Gasteiger partial charge in [0.25, 0.3) is 11.6 Å². The average Bonchev–Trinajstić information content (AvgIpc) is 3.64. The number of alkyl carbamates (subject to hydrolysis) is 1. The summed E-state index contributed by atoms with van der Waals surface area (Å²) >= 11 is 0. The largest absolute Gasteiger partial charge is 0.445 e. The van der Waals surface area contributed by atoms with Crippen LogP contribution >= 0.6 is 0 Å². The minimum absolute atomic E-state index is 0.0750. The standard InChI is InChI=1S/C42H34N6O5/c1-29(45-41(50)53-28-30-14-6-2-7-15-30)31-22-23-35(38(26-31)48(51)52)40(49)46-37-24-25-43-39-36(37)27-44-47(39)42(32-16-8-3-9-17-32,33-18-10-4-11-19-33)34-20-12-5-13-21-34/h2-27,29H,28H2,1H3,(H,45,50)(H,43,46,49)/t29-/m1/s1. The Balaban J connectivity index is 1.21. The van der Waals surface area contributed by atoms with Crippen molar-refractivity contribution in [1.82, 2.24) is 20.1 Å². The van der Waals surface area contributed by atoms with Crippen LogP contribution < -0.4 is 10.6 Å². The first kappa shape index (κ1) is 34.3. The van der Waals surface area contributed by atoms with Crippen LogP contribution in [0.3, 0.4) is 0 Å². The summed E-state index contributed by atoms with van der Waals surface area (Å²) in [7, 11) is 0. The van der Waals surface area contributed by atoms with Crippen molar-refractivity contribution in [1.29, 1.82) is 0 Å². The molecule has 262 valence electrons. The molecule has 1 atom stereocenters. The first-order valence-electron chi connectivity index (χ1n) is 16.9. The molecule has 0 radical (unpaired) electrons. The van der Waals surface area contributed by atoms with Gasteiger partial charge in [-0.3, -0.25) is 14.9 Å². The van der Waals surface area contributed by atoms with E-state index in [1.54, 1.807) is 31.5 Å². The number of nitrogens with one attached hydrogen (secondary N) is 2. The molecule has 0 aliphatic carbocycles. The summed E-state index contributed by atoms with van der Waals surface area (Å²) < 4.78 is 7.15. The number of pyridine rings is 1. The third-order valence-electron chi connectivity index (χ3n) is 9.12. The van der Waals surface area contributed by atoms with E-state index >= 15 is 0 Å². The molecule has 0 unspecified atom stereocenters. The van der Waals surface area contributed by atoms with E-state index in [2.05, 4.69) is 10.6 Å². The quantitative estimate of drug-likeness (QED) is 0.0783. The van der Waals surface area contributed by atoms with Crippen LogP contribution in [0.15, 0.2) is 158 Å². The lowest BCUT2D eigenvalue weighted by molar-refractivity contribution is -0.385. The number of carbonyl (C=O) groups is 2. The van der Waals surface area contributed by atoms with Crippen molar-refractivity contribution in [3.05, 3.63) is 201 Å². The molecule has 2 amide bonds. The number of nitro benzene ring substituents is 1. The summed E-state index contributed by atoms with van der Waals surface area (Å²) in [5, 5.41) is 23.3. The lowest BCUT2D eigenvalue weighted by atomic mass is 9.77. The molecule has 0 spiro atoms. The van der Waals surface area contributed by atoms with Crippen LogP contribution in [0.5, 0.6) is 0 Å². The Hall–Kier alpha value is -7.14. The minimum Gasteiger partial charge on any atom is -0.445 e. The van der Waals surface area contributed by atoms with Crippen LogP contribution in [-0.2, 0) is 16.9 Å². The van der Waals surface area contributed by atoms with Crippen LogP contribution in [0.1, 0.15) is 51.1 Å². The number of fused-ring (bicyclic) bond motifs is 1. The first-order valence-corrected chi connectivity index (χ1v) is 16.9. The van der Waals surface area contributed by atoms with Crippen LogP contribution in [0.2, 0.25) is 0 Å². The molecule has 0 bridgehead atoms. The summed E-state index contributed by atoms with van der Waals surface area (Å²) in [6, 6.07) is 44.5. The number of amides is 2. The second kappa shape index (κ2) is 15.0. The number of nitrogens with zero attached hydrogens (tertiary/aromatic N) is 4. The molecular weight excluding hydrogens is 668 g/mol. The fourth-order valence-corrected chi connectivity index (χ4v) is 6.56. The van der Waals surface area contributed by atoms with Crippen molar-refractivity contribution in [2.75, 3.05) is 5.32 Å². The molecule has 11 heteroatoms. The van der Waals surface area contributed by atoms with E-state index in [9.17, 15) is 19.7 Å². The van der Waals surface area contributed by atoms with Crippen molar-refractivity contribution < 1.29 is 19.2 Å². The van der Waals surface area contributed by atoms with Gasteiger partial charge < -0.3 is 15.4 Å². The van der Waals surface area contributed by atoms with E-state index in [4.69, 9.17) is 14.8 Å². The molecule has 0 saturated heterocycles. The summed E-state index contributed by atoms with van der Waals surface area (Å²) in [4.78, 5) is 42.6. The Bertz CT molecular complexity index is 2290. The zero-order valence-corrected chi connectivity index (χ0v) is 28.6. The normalized spacial score (nSPS) is 11.8. The van der Waals surface area contributed by atoms with Gasteiger partial charge in [-0.05, 0) is 46.9 Å². The Kier molecular flexibility index (Phi) is 9.71. The predicted molar refractivity (Wildman–Crippen MR) is 201 cm³/mol. The number of benzene rings is 5. The highest BCUT2D eigenvalue weighted by atomic mass is 16.6. The number of hydrogen-bond acceptors (Lipinski definition) is 7. The summed E-state index contributed by atoms with van der Waals surface area (Å²) in [6.45, 7) is 1.75. The average molecular weight is 703 g/mol. The molecule has 11 nitrogen and oxygen atoms in total. The molecule has 5 aromatic carbocycles. The maximum absolute atomic E-state index is 13.8. The molecule has 0 aliphatic heterocycles. The van der Waals surface area contributed by atoms with Crippen molar-refractivity contribution in [3.8, 4) is 0 Å². The molecule has 7 aromatic rings. The number of nitro groups is 1. The molecule has 2 aromatic heterocycles. The number of rotatable bonds is 11. The van der Waals surface area contributed by atoms with Gasteiger partial charge in [0, 0.05) is 12.3 Å². The Morgan fingerprint density at radius 1 is 0.811 bits per heavy atom. The van der Waals surface area contributed by atoms with Crippen molar-refractivity contribution in [2.24, 2.45) is 0 Å². The van der Waals surface area contributed by atoms with E-state index in [1.165, 1.54) is 12.1 Å². The summed E-state index contributed by atoms with van der Waals surface area (Å²) in [5.41, 5.74) is 3.44. The predicted octanol–water partition coefficient (Wildman–Crippen LogP) is 8.42. The lowest BCUT2D eigenvalue weighted by Crippen LogP contribution is -2.38. The van der Waals surface area contributed by atoms with Gasteiger partial charge in [-0.2, -0.15) is 5.10 Å². The number of hydrogen-bond donors (Lipinski definition) is 2. The minimum atomic E-state index is -0.950. The van der Waals surface area contributed by atoms with Crippen molar-refractivity contribution in [3.63, 3.8) is 0 Å². The van der Waals surface area contributed by atoms with Crippen molar-refractivity contribution >= 4 is 34.4 Å². The van der Waals surface area contributed by atoms with Gasteiger partial charge >= 0.3 is 6.09 Å². The summed E-state index contributed by atoms with van der Waals surface area (Å²) in [6.07, 6.45) is 2.54. The molecule has 7 rings (SSSR count). The zero-order chi connectivity index (χ0) is 36.8. The zero-order valence-electron chi connectivity index (χ0n) is 28.6. The second-order valence-electron chi connectivity index (χ2n) is 12.4. The highest BCUT2D eigenvalue weighted by Gasteiger charge is 2.41. The van der Waals surface area contributed by atoms with Gasteiger partial charge in [-0.25, -0.2) is 14.5 Å². The van der Waals surface area contributed by atoms with Crippen LogP contribution in [-0.4, -0.2) is 31.7 Å². The molecule has 2 heterocycles. The summed E-state index contributed by atoms with van der Waals surface area (Å²) in [5.74, 6) is -0.688. The van der Waals surface area contributed by atoms with Gasteiger partial charge in [0.05, 0.1) is 28.2 Å². The van der Waals surface area contributed by atoms with Crippen LogP contribution in [0.4, 0.5) is 16.2 Å². The lowest BCUT2D eigenvalue weighted by Gasteiger charge is -2.36. The van der Waals surface area contributed by atoms with Crippen LogP contribution in [0, 0.1) is 10.1 Å². The van der Waals surface area contributed by atoms with Gasteiger partial charge in [-0.15, -0.1) is 0 Å². The first-order chi connectivity index (χ1) is 25.9. The van der Waals surface area contributed by atoms with Crippen LogP contribution in [0.25, 0.3) is 11.0 Å². The topological polar surface area (TPSA) is 141 Å². The third kappa shape index (κ3) is 6.83. The van der Waals surface area contributed by atoms with Crippen molar-refractivity contribution in [2.45, 2.75) is 25.1 Å². The van der Waals surface area contributed by atoms with E-state index in [-0.39, 0.29) is 12.2 Å². The Morgan fingerprint density at radius 2 is 1.38 bits per heavy atom. The fourth-order valence-electron chi connectivity index (χ4n) is 6.56. The molecule has 53 heavy (non-hydrogen) atoms. The van der Waals surface area contributed by atoms with E-state index in [1.807, 2.05) is 126 Å². The van der Waals surface area contributed by atoms with Gasteiger partial charge in [0.2, 0.25) is 0 Å². The molecule has 0 fully saturated rings. The third-order valence-corrected chi connectivity index (χ3v) is 9.12. The fraction of sp³-hybridized carbons (Fsp3) is 0.0952. The van der Waals surface area contributed by atoms with Gasteiger partial charge in [-0.1, -0.05) is 127 Å². The SMILES string of the molecule is C[C@@H](NC(=O)OCc1ccccc1)c1ccc(C(=O)Nc2ccnc3c2cnn3C(c2ccccc2)(c2ccccc2)c2ccccc2)c([N+](=O)[O-])c1. The smallest absolute Gasteiger partial charge is 0.407 e. The monoisotopic (exact) mass is 702 g/mol. The Labute approximate surface area is 305 Å². The number of carbonyl (C=O) groups excluding carboxylic acids is 2. The molecule has 0 aliphatic rings. The number of aromatic nitrogens is 3. The Morgan fingerprint density at radius 3 is 1.94 bits per heavy atom. The highest BCUT2D eigenvalue weighted by molar-refractivity contribution is 6.10. The van der Waals surface area contributed by atoms with Gasteiger partial charge in [0.1, 0.15) is 17.7 Å². The molecule has 2 N–H and O–H groups in total. The molecule has 0 saturated carbocycles. The number of ether oxygens (including phenoxy) is 1. The highest BCUT2D eigenvalue weighted by Crippen LogP contribution is 2.42. The van der Waals surface area contributed by atoms with E-state index in [0.29, 0.717) is 22.3 Å². The molecular formula is C42H34N6O5. The van der Waals surface area contributed by atoms with E-state index < -0.39 is 34.2 Å². The van der Waals surface area contributed by atoms with Gasteiger partial charge in [0.15, 0.2) is 5.65 Å². The second-order valence-corrected chi connectivity index (χ2v) is 12.4. The number of anilines is 1. The maximum Gasteiger partial charge on any atom is 0.407 e. The maximum atomic E-state index is 13.8. The van der Waals surface area contributed by atoms with E-state index in [0.717, 1.165) is 22.3 Å².